The molecule has 22 heteroatoms. The Morgan fingerprint density at radius 3 is 0.757 bits per heavy atom. The molecule has 16 nitrogen and oxygen atoms in total. The lowest BCUT2D eigenvalue weighted by atomic mass is 9.68. The van der Waals surface area contributed by atoms with E-state index in [1.807, 2.05) is 92.3 Å². The molecule has 0 radical (unpaired) electrons. The number of nitro benzene ring substituents is 2. The van der Waals surface area contributed by atoms with Crippen LogP contribution in [0.15, 0.2) is 158 Å². The number of aliphatic hydroxyl groups is 4. The van der Waals surface area contributed by atoms with Crippen molar-refractivity contribution in [3.05, 3.63) is 274 Å². The third kappa shape index (κ3) is 15.9. The summed E-state index contributed by atoms with van der Waals surface area (Å²) < 4.78 is 19.9. The van der Waals surface area contributed by atoms with Crippen molar-refractivity contribution in [1.82, 2.24) is 0 Å². The molecule has 0 spiro atoms. The number of fused-ring (bicyclic) bond motifs is 30. The second kappa shape index (κ2) is 35.5. The Labute approximate surface area is 818 Å². The van der Waals surface area contributed by atoms with Crippen molar-refractivity contribution in [3.63, 3.8) is 0 Å². The van der Waals surface area contributed by atoms with Gasteiger partial charge in [0.05, 0.1) is 45.4 Å². The largest absolute Gasteiger partial charge is 0.508 e. The molecule has 0 aliphatic heterocycles. The fraction of sp³-hybridized carbons (Fsp3) is 0.456. The normalized spacial score (nSPS) is 29.7. The van der Waals surface area contributed by atoms with Crippen molar-refractivity contribution in [3.8, 4) is 11.5 Å². The van der Waals surface area contributed by atoms with Crippen molar-refractivity contribution in [2.45, 2.75) is 295 Å². The predicted octanol–water partition coefficient (Wildman–Crippen LogP) is 28.7. The minimum absolute atomic E-state index is 0.0285. The molecular weight excluding hydrogens is 1810 g/mol. The van der Waals surface area contributed by atoms with Crippen molar-refractivity contribution in [1.29, 1.82) is 0 Å². The fourth-order valence-electron chi connectivity index (χ4n) is 27.1. The van der Waals surface area contributed by atoms with Crippen LogP contribution in [0.25, 0.3) is 60.5 Å². The van der Waals surface area contributed by atoms with E-state index in [0.29, 0.717) is 58.1 Å². The Hall–Kier alpha value is -9.30. The number of phenolic OH excluding ortho intramolecular Hbond substituents is 2. The van der Waals surface area contributed by atoms with E-state index in [-0.39, 0.29) is 80.5 Å². The number of ether oxygens (including phenoxy) is 2. The van der Waals surface area contributed by atoms with Crippen LogP contribution in [0, 0.1) is 80.4 Å². The first-order chi connectivity index (χ1) is 65.1. The monoisotopic (exact) mass is 1930 g/mol. The predicted molar refractivity (Wildman–Crippen MR) is 552 cm³/mol. The highest BCUT2D eigenvalue weighted by Crippen LogP contribution is 2.66. The van der Waals surface area contributed by atoms with Gasteiger partial charge in [-0.3, -0.25) is 20.2 Å². The molecule has 4 unspecified atom stereocenters. The number of carbonyl (C=O) groups excluding carboxylic acids is 2. The van der Waals surface area contributed by atoms with Crippen LogP contribution in [0.2, 0.25) is 0 Å². The highest BCUT2D eigenvalue weighted by atomic mass is 32.1. The number of hydrogen-bond donors (Lipinski definition) is 6. The van der Waals surface area contributed by atoms with Crippen LogP contribution < -0.4 is 0 Å². The molecule has 14 aromatic rings. The van der Waals surface area contributed by atoms with Gasteiger partial charge in [0, 0.05) is 150 Å². The molecule has 6 saturated carbocycles. The van der Waals surface area contributed by atoms with Gasteiger partial charge in [-0.2, -0.15) is 0 Å². The summed E-state index contributed by atoms with van der Waals surface area (Å²) in [5.41, 5.74) is 15.2. The number of non-ortho nitro benzene ring substituents is 2. The first-order valence-corrected chi connectivity index (χ1v) is 54.2. The molecule has 0 amide bonds. The van der Waals surface area contributed by atoms with E-state index < -0.39 is 21.8 Å². The van der Waals surface area contributed by atoms with E-state index in [9.17, 15) is 60.5 Å². The molecule has 8 aromatic carbocycles. The van der Waals surface area contributed by atoms with Crippen molar-refractivity contribution in [2.24, 2.45) is 32.5 Å². The van der Waals surface area contributed by atoms with Crippen LogP contribution in [0.4, 0.5) is 11.4 Å². The molecule has 18 atom stereocenters. The number of hydrogen-bond acceptors (Lipinski definition) is 20. The topological polar surface area (TPSA) is 260 Å². The Morgan fingerprint density at radius 1 is 0.301 bits per heavy atom. The minimum atomic E-state index is -0.468. The molecule has 0 bridgehead atoms. The van der Waals surface area contributed by atoms with Gasteiger partial charge >= 0.3 is 11.9 Å². The van der Waals surface area contributed by atoms with E-state index in [0.717, 1.165) is 154 Å². The highest BCUT2D eigenvalue weighted by molar-refractivity contribution is 7.21. The van der Waals surface area contributed by atoms with Crippen molar-refractivity contribution in [2.75, 3.05) is 0 Å². The molecule has 6 N–H and O–H groups in total. The first kappa shape index (κ1) is 93.0. The van der Waals surface area contributed by atoms with Crippen LogP contribution in [-0.4, -0.2) is 89.0 Å². The zero-order valence-corrected chi connectivity index (χ0v) is 84.1. The number of thiophene rings is 6. The molecule has 6 aromatic heterocycles. The molecule has 12 aliphatic carbocycles. The number of aliphatic hydroxyl groups excluding tert-OH is 4. The van der Waals surface area contributed by atoms with Gasteiger partial charge in [-0.1, -0.05) is 90.1 Å². The van der Waals surface area contributed by atoms with Gasteiger partial charge in [0.2, 0.25) is 0 Å². The second-order valence-electron chi connectivity index (χ2n) is 43.3. The lowest BCUT2D eigenvalue weighted by molar-refractivity contribution is -0.385. The average molecular weight is 1940 g/mol. The molecule has 0 saturated heterocycles. The second-order valence-corrected chi connectivity index (χ2v) is 49.8. The van der Waals surface area contributed by atoms with Crippen LogP contribution in [-0.2, 0) is 48.0 Å². The van der Waals surface area contributed by atoms with Gasteiger partial charge in [-0.25, -0.2) is 9.59 Å². The zero-order valence-electron chi connectivity index (χ0n) is 79.2. The maximum Gasteiger partial charge on any atom is 0.338 e. The summed E-state index contributed by atoms with van der Waals surface area (Å²) in [5, 5.41) is 90.5. The number of benzene rings is 8. The van der Waals surface area contributed by atoms with Crippen molar-refractivity contribution >= 4 is 152 Å². The maximum atomic E-state index is 12.7. The maximum absolute atomic E-state index is 12.7. The van der Waals surface area contributed by atoms with Gasteiger partial charge in [0.15, 0.2) is 0 Å². The summed E-state index contributed by atoms with van der Waals surface area (Å²) in [6.45, 7) is 22.2. The standard InChI is InChI=1S/2C24H23NO4S.2C17H20OS.2C16H18O2S/c2*1-14-3-8-17-18-11-12-24(2)19(22(18)30-20(17)13-14)9-10-21(24)29-23(26)15-4-6-16(7-5-15)25(27)28;2*1-10-3-4-11-12-7-8-17(2)13(5-6-15(17)18)16(12)19-14(11)9-10;2*1-16-7-6-11-10-3-2-9(17)8-13(10)19-15(11)12(16)4-5-14(16)18/h2*3-8,13,19,21H,9-12H2,1-2H3;2*3-4,9,13,15,18H,5-8H2,1-2H3;2*2-3,8,12,14,17-18H,4-7H2,1H3/t2*19?,21?,24-;13-,15+,17-;13-,15-,17+;12-,14+,16-;12-,14-,16+/m111010/s1. The number of aryl methyl sites for hydroxylation is 10. The van der Waals surface area contributed by atoms with E-state index in [2.05, 4.69) is 142 Å². The fourth-order valence-corrected chi connectivity index (χ4v) is 36.9. The highest BCUT2D eigenvalue weighted by Gasteiger charge is 2.57. The Morgan fingerprint density at radius 2 is 0.515 bits per heavy atom. The van der Waals surface area contributed by atoms with Crippen LogP contribution >= 0.6 is 68.0 Å². The quantitative estimate of drug-likeness (QED) is 0.0514. The van der Waals surface area contributed by atoms with Gasteiger partial charge in [0.25, 0.3) is 11.4 Å². The number of carbonyl (C=O) groups is 2. The van der Waals surface area contributed by atoms with E-state index in [1.54, 1.807) is 33.0 Å². The third-order valence-corrected chi connectivity index (χ3v) is 43.5. The number of aromatic hydroxyl groups is 2. The van der Waals surface area contributed by atoms with Gasteiger partial charge < -0.3 is 40.1 Å². The molecule has 708 valence electrons. The Kier molecular flexibility index (Phi) is 24.3. The molecule has 6 fully saturated rings. The number of nitrogens with zero attached hydrogens (tertiary/aromatic N) is 2. The molecular formula is C114H122N2O14S6. The summed E-state index contributed by atoms with van der Waals surface area (Å²) in [5.74, 6) is 2.91. The molecule has 12 aliphatic rings. The number of nitro groups is 2. The summed E-state index contributed by atoms with van der Waals surface area (Å²) >= 11 is 11.4. The van der Waals surface area contributed by atoms with Crippen LogP contribution in [0.3, 0.4) is 0 Å². The lowest BCUT2D eigenvalue weighted by Crippen LogP contribution is -2.37. The third-order valence-electron chi connectivity index (χ3n) is 35.7. The Bertz CT molecular complexity index is 6450. The van der Waals surface area contributed by atoms with Gasteiger partial charge in [-0.05, 0) is 355 Å². The number of esters is 2. The van der Waals surface area contributed by atoms with Crippen LogP contribution in [0.5, 0.6) is 11.5 Å². The van der Waals surface area contributed by atoms with E-state index in [1.165, 1.54) is 173 Å². The van der Waals surface area contributed by atoms with Gasteiger partial charge in [-0.15, -0.1) is 68.0 Å². The summed E-state index contributed by atoms with van der Waals surface area (Å²) in [6, 6.07) is 49.8. The molecule has 136 heavy (non-hydrogen) atoms. The lowest BCUT2D eigenvalue weighted by Gasteiger charge is -2.39. The molecule has 6 heterocycles. The SMILES string of the molecule is C[C@@]12CCc3c(sc4cc(O)ccc34)[C@@H]1CC[C@@H]2O.C[C@@]12CCc3c(sc4cc(O)ccc34)[C@H]1CC[C@@H]2O.Cc1ccc2c3c(sc2c1)C1CCC(OC(=O)c2ccc([N+](=O)[O-])cc2)[C@]1(C)CC3.Cc1ccc2c3c(sc2c1)C1CCC(OC(=O)c2ccc([N+](=O)[O-])cc2)[C@]1(C)CC3.Cc1ccc2c3c(sc2c1)[C@@H]1CC[C@H](O)[C@]1(C)CC3.Cc1ccc2c3c(sc2c1)[C@H]1CC[C@H](O)[C@]1(C)CC3. The molecule has 26 rings (SSSR count). The number of rotatable bonds is 6. The Balaban J connectivity index is 0.0000000988. The average Bonchev–Trinajstić information content (AvgIpc) is 1.56. The van der Waals surface area contributed by atoms with Gasteiger partial charge in [0.1, 0.15) is 23.7 Å². The van der Waals surface area contributed by atoms with Crippen LogP contribution in [0.1, 0.15) is 298 Å². The smallest absolute Gasteiger partial charge is 0.338 e. The summed E-state index contributed by atoms with van der Waals surface area (Å²) in [7, 11) is 0. The van der Waals surface area contributed by atoms with E-state index in [4.69, 9.17) is 9.47 Å². The summed E-state index contributed by atoms with van der Waals surface area (Å²) in [4.78, 5) is 55.2. The minimum Gasteiger partial charge on any atom is -0.508 e. The first-order valence-electron chi connectivity index (χ1n) is 49.3. The number of phenols is 2. The zero-order chi connectivity index (χ0) is 94.9. The van der Waals surface area contributed by atoms with E-state index >= 15 is 0 Å². The summed E-state index contributed by atoms with van der Waals surface area (Å²) in [6.07, 6.45) is 24.2. The van der Waals surface area contributed by atoms with Crippen molar-refractivity contribution < 1.29 is 59.5 Å².